The van der Waals surface area contributed by atoms with E-state index in [1.54, 1.807) is 42.3 Å². The van der Waals surface area contributed by atoms with Crippen LogP contribution in [-0.2, 0) is 11.3 Å². The van der Waals surface area contributed by atoms with E-state index in [0.29, 0.717) is 54.9 Å². The molecule has 10 heteroatoms. The summed E-state index contributed by atoms with van der Waals surface area (Å²) in [5.41, 5.74) is 1.29. The summed E-state index contributed by atoms with van der Waals surface area (Å²) >= 11 is 6.05. The summed E-state index contributed by atoms with van der Waals surface area (Å²) in [4.78, 5) is 16.8. The van der Waals surface area contributed by atoms with E-state index in [2.05, 4.69) is 10.2 Å². The van der Waals surface area contributed by atoms with E-state index in [-0.39, 0.29) is 18.2 Å². The predicted molar refractivity (Wildman–Crippen MR) is 142 cm³/mol. The molecule has 3 aromatic rings. The van der Waals surface area contributed by atoms with Gasteiger partial charge in [-0.1, -0.05) is 29.8 Å². The summed E-state index contributed by atoms with van der Waals surface area (Å²) in [6.45, 7) is 2.49. The highest BCUT2D eigenvalue weighted by Gasteiger charge is 2.25. The van der Waals surface area contributed by atoms with Gasteiger partial charge in [0, 0.05) is 49.4 Å². The minimum absolute atomic E-state index is 0.109. The molecule has 0 aliphatic carbocycles. The van der Waals surface area contributed by atoms with E-state index in [0.717, 1.165) is 5.56 Å². The molecule has 0 unspecified atom stereocenters. The lowest BCUT2D eigenvalue weighted by Gasteiger charge is -2.36. The van der Waals surface area contributed by atoms with E-state index < -0.39 is 17.7 Å². The molecule has 0 aromatic heterocycles. The quantitative estimate of drug-likeness (QED) is 0.371. The number of amides is 2. The van der Waals surface area contributed by atoms with Crippen molar-refractivity contribution in [3.05, 3.63) is 88.4 Å². The Bertz CT molecular complexity index is 1220. The molecule has 1 heterocycles. The number of carbonyl (C=O) groups excluding carboxylic acids is 1. The van der Waals surface area contributed by atoms with Gasteiger partial charge in [0.15, 0.2) is 0 Å². The van der Waals surface area contributed by atoms with Crippen molar-refractivity contribution in [2.75, 3.05) is 52.3 Å². The number of anilines is 1. The van der Waals surface area contributed by atoms with Crippen LogP contribution in [0.1, 0.15) is 17.2 Å². The van der Waals surface area contributed by atoms with Gasteiger partial charge >= 0.3 is 6.03 Å². The molecule has 0 saturated carbocycles. The van der Waals surface area contributed by atoms with Crippen molar-refractivity contribution >= 4 is 23.3 Å². The zero-order valence-electron chi connectivity index (χ0n) is 21.3. The molecule has 38 heavy (non-hydrogen) atoms. The van der Waals surface area contributed by atoms with E-state index in [9.17, 15) is 13.6 Å². The van der Waals surface area contributed by atoms with E-state index in [1.165, 1.54) is 25.3 Å². The minimum atomic E-state index is -0.645. The lowest BCUT2D eigenvalue weighted by atomic mass is 10.1. The third-order valence-electron chi connectivity index (χ3n) is 6.47. The molecular formula is C28H30ClF2N3O4. The molecule has 1 aliphatic rings. The summed E-state index contributed by atoms with van der Waals surface area (Å²) < 4.78 is 44.9. The summed E-state index contributed by atoms with van der Waals surface area (Å²) in [6.07, 6.45) is -0.449. The number of halogens is 3. The maximum atomic E-state index is 14.2. The standard InChI is InChI=1S/C28H30ClF2N3O4/c1-36-21-10-11-25(26(16-21)37-2)32-28(35)34-14-12-33(13-15-34)17-27(19-6-8-20(29)9-7-19)38-18-22-23(30)4-3-5-24(22)31/h3-11,16,27H,12-15,17-18H2,1-2H3,(H,32,35)/t27-/m0/s1. The van der Waals surface area contributed by atoms with Gasteiger partial charge in [0.25, 0.3) is 0 Å². The Hall–Kier alpha value is -3.40. The second kappa shape index (κ2) is 12.9. The van der Waals surface area contributed by atoms with Crippen molar-refractivity contribution in [3.63, 3.8) is 0 Å². The van der Waals surface area contributed by atoms with Gasteiger partial charge in [-0.3, -0.25) is 4.90 Å². The monoisotopic (exact) mass is 545 g/mol. The minimum Gasteiger partial charge on any atom is -0.497 e. The topological polar surface area (TPSA) is 63.3 Å². The van der Waals surface area contributed by atoms with Gasteiger partial charge in [0.05, 0.1) is 32.6 Å². The molecule has 1 fully saturated rings. The number of nitrogens with one attached hydrogen (secondary N) is 1. The van der Waals surface area contributed by atoms with E-state index >= 15 is 0 Å². The number of urea groups is 1. The molecular weight excluding hydrogens is 516 g/mol. The van der Waals surface area contributed by atoms with Crippen molar-refractivity contribution in [2.45, 2.75) is 12.7 Å². The number of nitrogens with zero attached hydrogens (tertiary/aromatic N) is 2. The highest BCUT2D eigenvalue weighted by Crippen LogP contribution is 2.29. The maximum absolute atomic E-state index is 14.2. The van der Waals surface area contributed by atoms with Crippen LogP contribution in [-0.4, -0.2) is 62.8 Å². The van der Waals surface area contributed by atoms with Gasteiger partial charge in [0.1, 0.15) is 23.1 Å². The van der Waals surface area contributed by atoms with Gasteiger partial charge in [-0.15, -0.1) is 0 Å². The molecule has 1 N–H and O–H groups in total. The Kier molecular flexibility index (Phi) is 9.38. The molecule has 1 saturated heterocycles. The average Bonchev–Trinajstić information content (AvgIpc) is 2.93. The van der Waals surface area contributed by atoms with Crippen LogP contribution >= 0.6 is 11.6 Å². The molecule has 7 nitrogen and oxygen atoms in total. The van der Waals surface area contributed by atoms with Crippen molar-refractivity contribution < 1.29 is 27.8 Å². The average molecular weight is 546 g/mol. The molecule has 0 bridgehead atoms. The van der Waals surface area contributed by atoms with Crippen LogP contribution in [0.4, 0.5) is 19.3 Å². The Morgan fingerprint density at radius 3 is 2.29 bits per heavy atom. The molecule has 4 rings (SSSR count). The number of rotatable bonds is 9. The molecule has 0 spiro atoms. The van der Waals surface area contributed by atoms with Gasteiger partial charge < -0.3 is 24.4 Å². The predicted octanol–water partition coefficient (Wildman–Crippen LogP) is 5.74. The smallest absolute Gasteiger partial charge is 0.322 e. The molecule has 2 amide bonds. The summed E-state index contributed by atoms with van der Waals surface area (Å²) in [7, 11) is 3.09. The molecule has 1 atom stereocenters. The van der Waals surface area contributed by atoms with Gasteiger partial charge in [-0.2, -0.15) is 0 Å². The van der Waals surface area contributed by atoms with E-state index in [1.807, 2.05) is 12.1 Å². The first-order valence-corrected chi connectivity index (χ1v) is 12.6. The third-order valence-corrected chi connectivity index (χ3v) is 6.72. The second-order valence-corrected chi connectivity index (χ2v) is 9.27. The number of methoxy groups -OCH3 is 2. The third kappa shape index (κ3) is 6.92. The van der Waals surface area contributed by atoms with Crippen LogP contribution in [0.2, 0.25) is 5.02 Å². The molecule has 202 valence electrons. The van der Waals surface area contributed by atoms with Crippen molar-refractivity contribution in [1.82, 2.24) is 9.80 Å². The lowest BCUT2D eigenvalue weighted by molar-refractivity contribution is 0.00376. The van der Waals surface area contributed by atoms with Crippen molar-refractivity contribution in [3.8, 4) is 11.5 Å². The molecule has 3 aromatic carbocycles. The summed E-state index contributed by atoms with van der Waals surface area (Å²) in [6, 6.07) is 15.9. The number of hydrogen-bond acceptors (Lipinski definition) is 5. The van der Waals surface area contributed by atoms with E-state index in [4.69, 9.17) is 25.8 Å². The fourth-order valence-electron chi connectivity index (χ4n) is 4.25. The maximum Gasteiger partial charge on any atom is 0.322 e. The number of ether oxygens (including phenoxy) is 3. The zero-order chi connectivity index (χ0) is 27.1. The number of piperazine rings is 1. The number of hydrogen-bond donors (Lipinski definition) is 1. The normalized spacial score (nSPS) is 14.7. The van der Waals surface area contributed by atoms with Crippen LogP contribution in [0, 0.1) is 11.6 Å². The first-order valence-electron chi connectivity index (χ1n) is 12.2. The fourth-order valence-corrected chi connectivity index (χ4v) is 4.38. The Morgan fingerprint density at radius 1 is 0.974 bits per heavy atom. The molecule has 0 radical (unpaired) electrons. The first-order chi connectivity index (χ1) is 18.4. The molecule has 1 aliphatic heterocycles. The SMILES string of the molecule is COc1ccc(NC(=O)N2CCN(C[C@H](OCc3c(F)cccc3F)c3ccc(Cl)cc3)CC2)c(OC)c1. The second-order valence-electron chi connectivity index (χ2n) is 8.84. The summed E-state index contributed by atoms with van der Waals surface area (Å²) in [5, 5.41) is 3.48. The Morgan fingerprint density at radius 2 is 1.66 bits per heavy atom. The van der Waals surface area contributed by atoms with Crippen LogP contribution in [0.3, 0.4) is 0 Å². The van der Waals surface area contributed by atoms with Crippen LogP contribution < -0.4 is 14.8 Å². The first kappa shape index (κ1) is 27.6. The van der Waals surface area contributed by atoms with Crippen LogP contribution in [0.25, 0.3) is 0 Å². The largest absolute Gasteiger partial charge is 0.497 e. The highest BCUT2D eigenvalue weighted by molar-refractivity contribution is 6.30. The number of carbonyl (C=O) groups is 1. The van der Waals surface area contributed by atoms with Gasteiger partial charge in [-0.25, -0.2) is 13.6 Å². The van der Waals surface area contributed by atoms with Crippen molar-refractivity contribution in [2.24, 2.45) is 0 Å². The zero-order valence-corrected chi connectivity index (χ0v) is 22.0. The Labute approximate surface area is 225 Å². The highest BCUT2D eigenvalue weighted by atomic mass is 35.5. The van der Waals surface area contributed by atoms with Gasteiger partial charge in [0.2, 0.25) is 0 Å². The fraction of sp³-hybridized carbons (Fsp3) is 0.321. The summed E-state index contributed by atoms with van der Waals surface area (Å²) in [5.74, 6) is -0.157. The van der Waals surface area contributed by atoms with Crippen LogP contribution in [0.5, 0.6) is 11.5 Å². The van der Waals surface area contributed by atoms with Crippen LogP contribution in [0.15, 0.2) is 60.7 Å². The Balaban J connectivity index is 1.37. The van der Waals surface area contributed by atoms with Crippen molar-refractivity contribution in [1.29, 1.82) is 0 Å². The van der Waals surface area contributed by atoms with Gasteiger partial charge in [-0.05, 0) is 42.0 Å². The number of benzene rings is 3. The lowest BCUT2D eigenvalue weighted by Crippen LogP contribution is -2.50.